The Hall–Kier alpha value is -2.27. The zero-order chi connectivity index (χ0) is 14.8. The maximum atomic E-state index is 6.35. The van der Waals surface area contributed by atoms with E-state index in [0.29, 0.717) is 0 Å². The molecular formula is C16H19N5. The highest BCUT2D eigenvalue weighted by Gasteiger charge is 2.12. The molecule has 5 heteroatoms. The third-order valence-corrected chi connectivity index (χ3v) is 3.74. The van der Waals surface area contributed by atoms with E-state index in [2.05, 4.69) is 28.1 Å². The maximum absolute atomic E-state index is 6.35. The Bertz CT molecular complexity index is 762. The van der Waals surface area contributed by atoms with E-state index in [1.54, 1.807) is 12.4 Å². The van der Waals surface area contributed by atoms with Gasteiger partial charge < -0.3 is 5.73 Å². The smallest absolute Gasteiger partial charge is 0.0890 e. The molecule has 1 aromatic carbocycles. The molecule has 0 radical (unpaired) electrons. The number of benzene rings is 1. The van der Waals surface area contributed by atoms with Crippen molar-refractivity contribution in [2.75, 3.05) is 0 Å². The van der Waals surface area contributed by atoms with Crippen molar-refractivity contribution in [3.8, 4) is 0 Å². The molecule has 1 unspecified atom stereocenters. The number of hydrogen-bond acceptors (Lipinski definition) is 4. The summed E-state index contributed by atoms with van der Waals surface area (Å²) >= 11 is 0. The lowest BCUT2D eigenvalue weighted by atomic mass is 10.0. The molecule has 0 bridgehead atoms. The van der Waals surface area contributed by atoms with Gasteiger partial charge in [-0.05, 0) is 30.2 Å². The maximum Gasteiger partial charge on any atom is 0.0890 e. The van der Waals surface area contributed by atoms with Crippen LogP contribution in [0.3, 0.4) is 0 Å². The Morgan fingerprint density at radius 2 is 1.90 bits per heavy atom. The quantitative estimate of drug-likeness (QED) is 0.795. The third kappa shape index (κ3) is 2.78. The van der Waals surface area contributed by atoms with Gasteiger partial charge in [-0.25, -0.2) is 0 Å². The number of aryl methyl sites for hydroxylation is 2. The van der Waals surface area contributed by atoms with Crippen LogP contribution in [-0.2, 0) is 19.9 Å². The second-order valence-corrected chi connectivity index (χ2v) is 5.22. The lowest BCUT2D eigenvalue weighted by molar-refractivity contribution is 0.638. The first-order chi connectivity index (χ1) is 10.2. The molecule has 0 amide bonds. The highest BCUT2D eigenvalue weighted by Crippen LogP contribution is 2.20. The first-order valence-corrected chi connectivity index (χ1v) is 7.15. The standard InChI is InChI=1S/C16H19N5/c1-3-12-9-13(21(2)20-12)10-14(17)11-4-5-15-16(8-11)19-7-6-18-15/h4-9,14H,3,10,17H2,1-2H3. The number of fused-ring (bicyclic) bond motifs is 1. The molecule has 0 aliphatic carbocycles. The summed E-state index contributed by atoms with van der Waals surface area (Å²) in [6.07, 6.45) is 5.10. The molecule has 2 aromatic heterocycles. The summed E-state index contributed by atoms with van der Waals surface area (Å²) in [5.41, 5.74) is 11.4. The molecule has 2 N–H and O–H groups in total. The Morgan fingerprint density at radius 1 is 1.14 bits per heavy atom. The summed E-state index contributed by atoms with van der Waals surface area (Å²) in [7, 11) is 1.97. The van der Waals surface area contributed by atoms with E-state index in [9.17, 15) is 0 Å². The normalized spacial score (nSPS) is 12.7. The van der Waals surface area contributed by atoms with Crippen LogP contribution in [0.4, 0.5) is 0 Å². The summed E-state index contributed by atoms with van der Waals surface area (Å²) in [5, 5.41) is 4.46. The molecule has 21 heavy (non-hydrogen) atoms. The number of nitrogens with two attached hydrogens (primary N) is 1. The first kappa shape index (κ1) is 13.7. The van der Waals surface area contributed by atoms with Gasteiger partial charge in [-0.3, -0.25) is 14.6 Å². The molecule has 108 valence electrons. The van der Waals surface area contributed by atoms with Gasteiger partial charge in [0.05, 0.1) is 16.7 Å². The van der Waals surface area contributed by atoms with Crippen molar-refractivity contribution in [1.29, 1.82) is 0 Å². The van der Waals surface area contributed by atoms with Gasteiger partial charge in [-0.15, -0.1) is 0 Å². The monoisotopic (exact) mass is 281 g/mol. The van der Waals surface area contributed by atoms with Crippen molar-refractivity contribution in [3.63, 3.8) is 0 Å². The molecule has 3 rings (SSSR count). The summed E-state index contributed by atoms with van der Waals surface area (Å²) < 4.78 is 1.92. The molecule has 3 aromatic rings. The van der Waals surface area contributed by atoms with Crippen LogP contribution >= 0.6 is 0 Å². The summed E-state index contributed by atoms with van der Waals surface area (Å²) in [5.74, 6) is 0. The Morgan fingerprint density at radius 3 is 2.62 bits per heavy atom. The van der Waals surface area contributed by atoms with Gasteiger partial charge in [0, 0.05) is 37.6 Å². The van der Waals surface area contributed by atoms with Crippen LogP contribution in [0, 0.1) is 0 Å². The minimum atomic E-state index is -0.0727. The van der Waals surface area contributed by atoms with Crippen LogP contribution in [-0.4, -0.2) is 19.7 Å². The van der Waals surface area contributed by atoms with Crippen molar-refractivity contribution in [2.45, 2.75) is 25.8 Å². The minimum Gasteiger partial charge on any atom is -0.324 e. The highest BCUT2D eigenvalue weighted by molar-refractivity contribution is 5.74. The van der Waals surface area contributed by atoms with E-state index in [-0.39, 0.29) is 6.04 Å². The van der Waals surface area contributed by atoms with Gasteiger partial charge in [0.2, 0.25) is 0 Å². The molecular weight excluding hydrogens is 262 g/mol. The van der Waals surface area contributed by atoms with Gasteiger partial charge >= 0.3 is 0 Å². The fourth-order valence-corrected chi connectivity index (χ4v) is 2.49. The Kier molecular flexibility index (Phi) is 3.66. The largest absolute Gasteiger partial charge is 0.324 e. The average molecular weight is 281 g/mol. The van der Waals surface area contributed by atoms with E-state index in [0.717, 1.165) is 40.8 Å². The Labute approximate surface area is 123 Å². The van der Waals surface area contributed by atoms with Gasteiger partial charge in [0.15, 0.2) is 0 Å². The van der Waals surface area contributed by atoms with Gasteiger partial charge in [0.25, 0.3) is 0 Å². The number of hydrogen-bond donors (Lipinski definition) is 1. The molecule has 0 saturated carbocycles. The number of aromatic nitrogens is 4. The second kappa shape index (κ2) is 5.61. The van der Waals surface area contributed by atoms with Gasteiger partial charge in [0.1, 0.15) is 0 Å². The van der Waals surface area contributed by atoms with Crippen LogP contribution < -0.4 is 5.73 Å². The molecule has 0 aliphatic rings. The van der Waals surface area contributed by atoms with E-state index < -0.39 is 0 Å². The Balaban J connectivity index is 1.85. The third-order valence-electron chi connectivity index (χ3n) is 3.74. The number of nitrogens with zero attached hydrogens (tertiary/aromatic N) is 4. The molecule has 2 heterocycles. The SMILES string of the molecule is CCc1cc(CC(N)c2ccc3nccnc3c2)n(C)n1. The van der Waals surface area contributed by atoms with Gasteiger partial charge in [-0.1, -0.05) is 13.0 Å². The van der Waals surface area contributed by atoms with Crippen LogP contribution in [0.1, 0.15) is 29.9 Å². The molecule has 1 atom stereocenters. The fourth-order valence-electron chi connectivity index (χ4n) is 2.49. The lowest BCUT2D eigenvalue weighted by Crippen LogP contribution is -2.15. The van der Waals surface area contributed by atoms with Gasteiger partial charge in [-0.2, -0.15) is 5.10 Å². The summed E-state index contributed by atoms with van der Waals surface area (Å²) in [4.78, 5) is 8.61. The van der Waals surface area contributed by atoms with Crippen molar-refractivity contribution >= 4 is 11.0 Å². The first-order valence-electron chi connectivity index (χ1n) is 7.15. The van der Waals surface area contributed by atoms with E-state index in [1.165, 1.54) is 0 Å². The predicted molar refractivity (Wildman–Crippen MR) is 82.8 cm³/mol. The van der Waals surface area contributed by atoms with Crippen LogP contribution in [0.25, 0.3) is 11.0 Å². The van der Waals surface area contributed by atoms with Crippen LogP contribution in [0.15, 0.2) is 36.7 Å². The van der Waals surface area contributed by atoms with Crippen LogP contribution in [0.2, 0.25) is 0 Å². The van der Waals surface area contributed by atoms with Crippen molar-refractivity contribution in [2.24, 2.45) is 12.8 Å². The topological polar surface area (TPSA) is 69.6 Å². The lowest BCUT2D eigenvalue weighted by Gasteiger charge is -2.12. The van der Waals surface area contributed by atoms with E-state index in [1.807, 2.05) is 29.9 Å². The second-order valence-electron chi connectivity index (χ2n) is 5.22. The van der Waals surface area contributed by atoms with Crippen molar-refractivity contribution in [1.82, 2.24) is 19.7 Å². The molecule has 0 aliphatic heterocycles. The number of rotatable bonds is 4. The zero-order valence-electron chi connectivity index (χ0n) is 12.3. The fraction of sp³-hybridized carbons (Fsp3) is 0.312. The molecule has 5 nitrogen and oxygen atoms in total. The molecule has 0 fully saturated rings. The van der Waals surface area contributed by atoms with Crippen molar-refractivity contribution in [3.05, 3.63) is 53.6 Å². The summed E-state index contributed by atoms with van der Waals surface area (Å²) in [6.45, 7) is 2.11. The van der Waals surface area contributed by atoms with E-state index >= 15 is 0 Å². The van der Waals surface area contributed by atoms with E-state index in [4.69, 9.17) is 5.73 Å². The zero-order valence-corrected chi connectivity index (χ0v) is 12.3. The highest BCUT2D eigenvalue weighted by atomic mass is 15.3. The van der Waals surface area contributed by atoms with Crippen molar-refractivity contribution < 1.29 is 0 Å². The molecule has 0 spiro atoms. The minimum absolute atomic E-state index is 0.0727. The van der Waals surface area contributed by atoms with Crippen LogP contribution in [0.5, 0.6) is 0 Å². The predicted octanol–water partition coefficient (Wildman–Crippen LogP) is 2.17. The summed E-state index contributed by atoms with van der Waals surface area (Å²) in [6, 6.07) is 8.07. The average Bonchev–Trinajstić information content (AvgIpc) is 2.87. The molecule has 0 saturated heterocycles.